The first-order chi connectivity index (χ1) is 17.0. The second-order valence-corrected chi connectivity index (χ2v) is 9.57. The third-order valence-electron chi connectivity index (χ3n) is 7.16. The quantitative estimate of drug-likeness (QED) is 0.525. The van der Waals surface area contributed by atoms with Crippen molar-refractivity contribution in [1.29, 1.82) is 0 Å². The maximum Gasteiger partial charge on any atom is 0.306 e. The van der Waals surface area contributed by atoms with Gasteiger partial charge in [-0.1, -0.05) is 5.92 Å². The van der Waals surface area contributed by atoms with Gasteiger partial charge in [0, 0.05) is 40.9 Å². The SMILES string of the molecule is CC#Cc1ccc(C(=O)NC2CCC(C(=O)O)CC2)c2c1cnn2C(C)c1cnc(C2CC2)nc1. The molecule has 2 N–H and O–H groups in total. The molecule has 1 unspecified atom stereocenters. The number of carboxylic acid groups (broad SMARTS) is 1. The van der Waals surface area contributed by atoms with Crippen molar-refractivity contribution in [2.45, 2.75) is 70.4 Å². The molecule has 0 aliphatic heterocycles. The summed E-state index contributed by atoms with van der Waals surface area (Å²) in [6, 6.07) is 3.44. The van der Waals surface area contributed by atoms with E-state index in [0.717, 1.165) is 40.7 Å². The van der Waals surface area contributed by atoms with Gasteiger partial charge in [-0.3, -0.25) is 14.3 Å². The molecule has 2 aliphatic carbocycles. The van der Waals surface area contributed by atoms with Crippen LogP contribution in [0.3, 0.4) is 0 Å². The van der Waals surface area contributed by atoms with Gasteiger partial charge in [0.1, 0.15) is 5.82 Å². The molecule has 0 spiro atoms. The average Bonchev–Trinajstić information content (AvgIpc) is 3.62. The van der Waals surface area contributed by atoms with E-state index in [9.17, 15) is 14.7 Å². The molecule has 0 saturated heterocycles. The zero-order chi connectivity index (χ0) is 24.5. The van der Waals surface area contributed by atoms with E-state index in [2.05, 4.69) is 32.2 Å². The van der Waals surface area contributed by atoms with Gasteiger partial charge in [-0.05, 0) is 64.5 Å². The lowest BCUT2D eigenvalue weighted by atomic mass is 9.86. The molecule has 2 saturated carbocycles. The summed E-state index contributed by atoms with van der Waals surface area (Å²) in [7, 11) is 0. The molecule has 2 fully saturated rings. The number of amides is 1. The van der Waals surface area contributed by atoms with Crippen molar-refractivity contribution >= 4 is 22.8 Å². The Morgan fingerprint density at radius 1 is 1.09 bits per heavy atom. The van der Waals surface area contributed by atoms with Crippen molar-refractivity contribution < 1.29 is 14.7 Å². The Kier molecular flexibility index (Phi) is 6.25. The molecule has 0 bridgehead atoms. The highest BCUT2D eigenvalue weighted by Crippen LogP contribution is 2.38. The van der Waals surface area contributed by atoms with Crippen LogP contribution in [-0.4, -0.2) is 42.8 Å². The summed E-state index contributed by atoms with van der Waals surface area (Å²) < 4.78 is 1.85. The lowest BCUT2D eigenvalue weighted by Crippen LogP contribution is -2.39. The first kappa shape index (κ1) is 23.0. The molecular formula is C27H29N5O3. The molecule has 8 heteroatoms. The van der Waals surface area contributed by atoms with Crippen LogP contribution in [0, 0.1) is 17.8 Å². The fourth-order valence-corrected chi connectivity index (χ4v) is 4.89. The first-order valence-corrected chi connectivity index (χ1v) is 12.2. The molecule has 2 aromatic heterocycles. The molecule has 5 rings (SSSR count). The fraction of sp³-hybridized carbons (Fsp3) is 0.444. The summed E-state index contributed by atoms with van der Waals surface area (Å²) in [5, 5.41) is 17.9. The van der Waals surface area contributed by atoms with Crippen molar-refractivity contribution in [2.24, 2.45) is 5.92 Å². The van der Waals surface area contributed by atoms with Crippen LogP contribution in [0.4, 0.5) is 0 Å². The number of hydrogen-bond acceptors (Lipinski definition) is 5. The van der Waals surface area contributed by atoms with Gasteiger partial charge in [0.25, 0.3) is 5.91 Å². The van der Waals surface area contributed by atoms with Gasteiger partial charge in [0.2, 0.25) is 0 Å². The molecule has 35 heavy (non-hydrogen) atoms. The molecule has 1 amide bonds. The molecular weight excluding hydrogens is 442 g/mol. The largest absolute Gasteiger partial charge is 0.481 e. The Morgan fingerprint density at radius 3 is 2.43 bits per heavy atom. The van der Waals surface area contributed by atoms with Crippen LogP contribution < -0.4 is 5.32 Å². The number of aliphatic carboxylic acids is 1. The number of rotatable bonds is 6. The molecule has 2 aliphatic rings. The molecule has 1 aromatic carbocycles. The van der Waals surface area contributed by atoms with Crippen LogP contribution in [-0.2, 0) is 4.79 Å². The van der Waals surface area contributed by atoms with Gasteiger partial charge < -0.3 is 10.4 Å². The predicted octanol–water partition coefficient (Wildman–Crippen LogP) is 4.06. The number of fused-ring (bicyclic) bond motifs is 1. The first-order valence-electron chi connectivity index (χ1n) is 12.2. The molecule has 2 heterocycles. The zero-order valence-corrected chi connectivity index (χ0v) is 20.0. The number of benzene rings is 1. The Labute approximate surface area is 204 Å². The van der Waals surface area contributed by atoms with E-state index in [0.29, 0.717) is 37.2 Å². The number of nitrogens with one attached hydrogen (secondary N) is 1. The van der Waals surface area contributed by atoms with Crippen molar-refractivity contribution in [3.63, 3.8) is 0 Å². The van der Waals surface area contributed by atoms with E-state index < -0.39 is 5.97 Å². The Balaban J connectivity index is 1.46. The maximum atomic E-state index is 13.4. The van der Waals surface area contributed by atoms with Gasteiger partial charge in [-0.2, -0.15) is 5.10 Å². The summed E-state index contributed by atoms with van der Waals surface area (Å²) in [4.78, 5) is 33.8. The minimum Gasteiger partial charge on any atom is -0.481 e. The normalized spacial score (nSPS) is 20.6. The fourth-order valence-electron chi connectivity index (χ4n) is 4.89. The van der Waals surface area contributed by atoms with Gasteiger partial charge in [-0.25, -0.2) is 9.97 Å². The summed E-state index contributed by atoms with van der Waals surface area (Å²) in [6.07, 6.45) is 10.2. The summed E-state index contributed by atoms with van der Waals surface area (Å²) >= 11 is 0. The van der Waals surface area contributed by atoms with Crippen LogP contribution in [0.1, 0.15) is 91.6 Å². The highest BCUT2D eigenvalue weighted by Gasteiger charge is 2.29. The number of carbonyl (C=O) groups is 2. The smallest absolute Gasteiger partial charge is 0.306 e. The summed E-state index contributed by atoms with van der Waals surface area (Å²) in [6.45, 7) is 3.81. The van der Waals surface area contributed by atoms with Gasteiger partial charge in [-0.15, -0.1) is 5.92 Å². The van der Waals surface area contributed by atoms with Crippen LogP contribution in [0.5, 0.6) is 0 Å². The second-order valence-electron chi connectivity index (χ2n) is 9.57. The van der Waals surface area contributed by atoms with Gasteiger partial charge in [0.15, 0.2) is 0 Å². The van der Waals surface area contributed by atoms with Crippen molar-refractivity contribution in [2.75, 3.05) is 0 Å². The van der Waals surface area contributed by atoms with E-state index in [4.69, 9.17) is 0 Å². The van der Waals surface area contributed by atoms with Crippen LogP contribution in [0.25, 0.3) is 10.9 Å². The van der Waals surface area contributed by atoms with E-state index in [1.54, 1.807) is 19.2 Å². The topological polar surface area (TPSA) is 110 Å². The molecule has 1 atom stereocenters. The molecule has 8 nitrogen and oxygen atoms in total. The number of hydrogen-bond donors (Lipinski definition) is 2. The van der Waals surface area contributed by atoms with E-state index in [1.807, 2.05) is 30.1 Å². The van der Waals surface area contributed by atoms with E-state index in [-0.39, 0.29) is 23.9 Å². The average molecular weight is 472 g/mol. The summed E-state index contributed by atoms with van der Waals surface area (Å²) in [5.41, 5.74) is 2.99. The van der Waals surface area contributed by atoms with Crippen molar-refractivity contribution in [3.8, 4) is 11.8 Å². The van der Waals surface area contributed by atoms with Crippen molar-refractivity contribution in [1.82, 2.24) is 25.1 Å². The van der Waals surface area contributed by atoms with Crippen LogP contribution in [0.15, 0.2) is 30.7 Å². The minimum atomic E-state index is -0.754. The lowest BCUT2D eigenvalue weighted by molar-refractivity contribution is -0.142. The molecule has 180 valence electrons. The monoisotopic (exact) mass is 471 g/mol. The van der Waals surface area contributed by atoms with E-state index in [1.165, 1.54) is 0 Å². The van der Waals surface area contributed by atoms with Crippen molar-refractivity contribution in [3.05, 3.63) is 53.2 Å². The third kappa shape index (κ3) is 4.63. The third-order valence-corrected chi connectivity index (χ3v) is 7.16. The minimum absolute atomic E-state index is 0.0413. The number of nitrogens with zero attached hydrogens (tertiary/aromatic N) is 4. The Bertz CT molecular complexity index is 1320. The van der Waals surface area contributed by atoms with Gasteiger partial charge >= 0.3 is 5.97 Å². The van der Waals surface area contributed by atoms with E-state index >= 15 is 0 Å². The lowest BCUT2D eigenvalue weighted by Gasteiger charge is -2.27. The Morgan fingerprint density at radius 2 is 1.80 bits per heavy atom. The highest BCUT2D eigenvalue weighted by molar-refractivity contribution is 6.07. The van der Waals surface area contributed by atoms with Crippen LogP contribution >= 0.6 is 0 Å². The number of carbonyl (C=O) groups excluding carboxylic acids is 1. The molecule has 0 radical (unpaired) electrons. The Hall–Kier alpha value is -3.73. The predicted molar refractivity (Wildman–Crippen MR) is 131 cm³/mol. The summed E-state index contributed by atoms with van der Waals surface area (Å²) in [5.74, 6) is 6.18. The van der Waals surface area contributed by atoms with Crippen LogP contribution in [0.2, 0.25) is 0 Å². The van der Waals surface area contributed by atoms with Gasteiger partial charge in [0.05, 0.1) is 29.2 Å². The number of aromatic nitrogens is 4. The zero-order valence-electron chi connectivity index (χ0n) is 20.0. The molecule has 3 aromatic rings. The second kappa shape index (κ2) is 9.49. The highest BCUT2D eigenvalue weighted by atomic mass is 16.4. The number of carboxylic acids is 1. The standard InChI is InChI=1S/C27H29N5O3/c1-3-4-17-9-12-22(26(33)31-21-10-7-19(8-11-21)27(34)35)24-23(17)15-30-32(24)16(2)20-13-28-25(29-14-20)18-5-6-18/h9,12-16,18-19,21H,5-8,10-11H2,1-2H3,(H,31,33)(H,34,35). The maximum absolute atomic E-state index is 13.4.